The fourth-order valence-corrected chi connectivity index (χ4v) is 5.14. The van der Waals surface area contributed by atoms with Gasteiger partial charge in [0.2, 0.25) is 0 Å². The lowest BCUT2D eigenvalue weighted by Gasteiger charge is -2.12. The number of unbranched alkanes of at least 4 members (excludes halogenated alkanes) is 6. The van der Waals surface area contributed by atoms with Crippen molar-refractivity contribution in [3.63, 3.8) is 0 Å². The van der Waals surface area contributed by atoms with Gasteiger partial charge in [-0.2, -0.15) is 0 Å². The molecule has 0 aliphatic carbocycles. The third kappa shape index (κ3) is 9.58. The summed E-state index contributed by atoms with van der Waals surface area (Å²) in [5.41, 5.74) is 5.53. The molecule has 222 valence electrons. The van der Waals surface area contributed by atoms with E-state index in [1.54, 1.807) is 12.1 Å². The third-order valence-electron chi connectivity index (χ3n) is 7.71. The van der Waals surface area contributed by atoms with Crippen LogP contribution in [0.1, 0.15) is 87.5 Å². The lowest BCUT2D eigenvalue weighted by atomic mass is 10.0. The van der Waals surface area contributed by atoms with Gasteiger partial charge in [-0.1, -0.05) is 101 Å². The molecule has 2 N–H and O–H groups in total. The van der Waals surface area contributed by atoms with Crippen molar-refractivity contribution >= 4 is 0 Å². The summed E-state index contributed by atoms with van der Waals surface area (Å²) in [5.74, 6) is 1.83. The molecule has 0 aromatic heterocycles. The molecule has 42 heavy (non-hydrogen) atoms. The lowest BCUT2D eigenvalue weighted by Crippen LogP contribution is -1.97. The molecule has 4 aromatic carbocycles. The quantitative estimate of drug-likeness (QED) is 0.125. The fourth-order valence-electron chi connectivity index (χ4n) is 5.14. The van der Waals surface area contributed by atoms with Crippen LogP contribution in [0.5, 0.6) is 23.0 Å². The second-order valence-electron chi connectivity index (χ2n) is 11.2. The van der Waals surface area contributed by atoms with Crippen LogP contribution in [0.15, 0.2) is 84.9 Å². The van der Waals surface area contributed by atoms with Crippen LogP contribution in [-0.2, 0) is 26.1 Å². The van der Waals surface area contributed by atoms with Crippen molar-refractivity contribution in [2.45, 2.75) is 91.3 Å². The van der Waals surface area contributed by atoms with Crippen molar-refractivity contribution in [1.29, 1.82) is 0 Å². The maximum Gasteiger partial charge on any atom is 0.123 e. The number of phenolic OH excluding ortho intramolecular Hbond substituents is 2. The molecular formula is C38H46O4. The van der Waals surface area contributed by atoms with Crippen LogP contribution < -0.4 is 9.47 Å². The van der Waals surface area contributed by atoms with Gasteiger partial charge in [-0.05, 0) is 84.3 Å². The predicted octanol–water partition coefficient (Wildman–Crippen LogP) is 10.2. The maximum atomic E-state index is 10.8. The van der Waals surface area contributed by atoms with Crippen molar-refractivity contribution in [3.05, 3.63) is 107 Å². The first-order valence-electron chi connectivity index (χ1n) is 15.6. The van der Waals surface area contributed by atoms with Gasteiger partial charge in [0, 0.05) is 11.1 Å². The molecule has 0 amide bonds. The largest absolute Gasteiger partial charge is 0.507 e. The Morgan fingerprint density at radius 3 is 1.19 bits per heavy atom. The van der Waals surface area contributed by atoms with Crippen LogP contribution in [0.4, 0.5) is 0 Å². The summed E-state index contributed by atoms with van der Waals surface area (Å²) in [6.07, 6.45) is 12.3. The minimum absolute atomic E-state index is 0.104. The van der Waals surface area contributed by atoms with Crippen molar-refractivity contribution in [1.82, 2.24) is 0 Å². The van der Waals surface area contributed by atoms with Crippen molar-refractivity contribution in [2.24, 2.45) is 0 Å². The molecule has 0 unspecified atom stereocenters. The maximum absolute atomic E-state index is 10.8. The van der Waals surface area contributed by atoms with Gasteiger partial charge in [-0.25, -0.2) is 0 Å². The number of hydrogen-bond donors (Lipinski definition) is 2. The summed E-state index contributed by atoms with van der Waals surface area (Å²) >= 11 is 0. The van der Waals surface area contributed by atoms with E-state index < -0.39 is 0 Å². The smallest absolute Gasteiger partial charge is 0.123 e. The molecule has 0 heterocycles. The van der Waals surface area contributed by atoms with E-state index in [1.165, 1.54) is 62.5 Å². The van der Waals surface area contributed by atoms with Crippen LogP contribution in [0.3, 0.4) is 0 Å². The average Bonchev–Trinajstić information content (AvgIpc) is 3.01. The Morgan fingerprint density at radius 1 is 0.452 bits per heavy atom. The number of aryl methyl sites for hydroxylation is 2. The van der Waals surface area contributed by atoms with Gasteiger partial charge in [0.15, 0.2) is 0 Å². The molecule has 0 saturated carbocycles. The zero-order chi connectivity index (χ0) is 29.6. The van der Waals surface area contributed by atoms with E-state index in [0.29, 0.717) is 24.3 Å². The van der Waals surface area contributed by atoms with Crippen molar-refractivity contribution < 1.29 is 19.7 Å². The Balaban J connectivity index is 1.28. The van der Waals surface area contributed by atoms with E-state index in [0.717, 1.165) is 35.5 Å². The monoisotopic (exact) mass is 566 g/mol. The molecule has 4 heteroatoms. The topological polar surface area (TPSA) is 58.9 Å². The molecule has 0 bridgehead atoms. The molecule has 4 rings (SSSR count). The highest BCUT2D eigenvalue weighted by molar-refractivity contribution is 5.75. The van der Waals surface area contributed by atoms with Crippen molar-refractivity contribution in [3.8, 4) is 34.1 Å². The van der Waals surface area contributed by atoms with E-state index in [9.17, 15) is 10.2 Å². The molecule has 0 saturated heterocycles. The Kier molecular flexibility index (Phi) is 12.2. The standard InChI is InChI=1S/C38H46O4/c1-3-5-7-9-11-29-13-19-33(20-14-29)41-27-31-17-23-35(37(39)25-31)36-24-18-32(26-38(36)40)28-42-34-21-15-30(16-22-34)12-10-8-6-4-2/h13-26,39-40H,3-12,27-28H2,1-2H3. The molecule has 4 aromatic rings. The zero-order valence-corrected chi connectivity index (χ0v) is 25.3. The molecule has 4 nitrogen and oxygen atoms in total. The predicted molar refractivity (Wildman–Crippen MR) is 172 cm³/mol. The van der Waals surface area contributed by atoms with E-state index >= 15 is 0 Å². The minimum atomic E-state index is 0.104. The SMILES string of the molecule is CCCCCCc1ccc(OCc2ccc(-c3ccc(COc4ccc(CCCCCC)cc4)cc3O)c(O)c2)cc1. The number of ether oxygens (including phenoxy) is 2. The highest BCUT2D eigenvalue weighted by atomic mass is 16.5. The van der Waals surface area contributed by atoms with Gasteiger partial charge in [0.05, 0.1) is 0 Å². The zero-order valence-electron chi connectivity index (χ0n) is 25.3. The van der Waals surface area contributed by atoms with Crippen molar-refractivity contribution in [2.75, 3.05) is 0 Å². The normalized spacial score (nSPS) is 11.0. The number of phenols is 2. The summed E-state index contributed by atoms with van der Waals surface area (Å²) in [7, 11) is 0. The molecule has 0 atom stereocenters. The fraction of sp³-hybridized carbons (Fsp3) is 0.368. The van der Waals surface area contributed by atoms with E-state index in [4.69, 9.17) is 9.47 Å². The first-order valence-corrected chi connectivity index (χ1v) is 15.6. The van der Waals surface area contributed by atoms with Gasteiger partial charge in [0.25, 0.3) is 0 Å². The van der Waals surface area contributed by atoms with Crippen LogP contribution in [-0.4, -0.2) is 10.2 Å². The average molecular weight is 567 g/mol. The number of rotatable bonds is 17. The summed E-state index contributed by atoms with van der Waals surface area (Å²) in [4.78, 5) is 0. The van der Waals surface area contributed by atoms with Crippen LogP contribution in [0.25, 0.3) is 11.1 Å². The molecule has 0 fully saturated rings. The van der Waals surface area contributed by atoms with Gasteiger partial charge >= 0.3 is 0 Å². The molecule has 0 aliphatic rings. The second-order valence-corrected chi connectivity index (χ2v) is 11.2. The van der Waals surface area contributed by atoms with Crippen LogP contribution in [0.2, 0.25) is 0 Å². The van der Waals surface area contributed by atoms with Crippen LogP contribution >= 0.6 is 0 Å². The lowest BCUT2D eigenvalue weighted by molar-refractivity contribution is 0.305. The van der Waals surface area contributed by atoms with E-state index in [2.05, 4.69) is 38.1 Å². The van der Waals surface area contributed by atoms with Gasteiger partial charge in [0.1, 0.15) is 36.2 Å². The summed E-state index contributed by atoms with van der Waals surface area (Å²) in [6, 6.07) is 27.4. The first kappa shape index (κ1) is 31.0. The molecule has 0 radical (unpaired) electrons. The third-order valence-corrected chi connectivity index (χ3v) is 7.71. The summed E-state index contributed by atoms with van der Waals surface area (Å²) < 4.78 is 11.9. The van der Waals surface area contributed by atoms with Gasteiger partial charge in [-0.3, -0.25) is 0 Å². The van der Waals surface area contributed by atoms with Gasteiger partial charge < -0.3 is 19.7 Å². The molecule has 0 spiro atoms. The second kappa shape index (κ2) is 16.5. The van der Waals surface area contributed by atoms with E-state index in [-0.39, 0.29) is 11.5 Å². The number of aromatic hydroxyl groups is 2. The Labute approximate surface area is 252 Å². The highest BCUT2D eigenvalue weighted by Gasteiger charge is 2.12. The Bertz CT molecular complexity index is 1250. The van der Waals surface area contributed by atoms with Crippen LogP contribution in [0, 0.1) is 0 Å². The number of benzene rings is 4. The Hall–Kier alpha value is -3.92. The summed E-state index contributed by atoms with van der Waals surface area (Å²) in [6.45, 7) is 5.17. The first-order chi connectivity index (χ1) is 20.6. The number of hydrogen-bond acceptors (Lipinski definition) is 4. The highest BCUT2D eigenvalue weighted by Crippen LogP contribution is 2.36. The molecule has 0 aliphatic heterocycles. The molecular weight excluding hydrogens is 520 g/mol. The Morgan fingerprint density at radius 2 is 0.833 bits per heavy atom. The van der Waals surface area contributed by atoms with E-state index in [1.807, 2.05) is 48.5 Å². The minimum Gasteiger partial charge on any atom is -0.507 e. The van der Waals surface area contributed by atoms with Gasteiger partial charge in [-0.15, -0.1) is 0 Å². The summed E-state index contributed by atoms with van der Waals surface area (Å²) in [5, 5.41) is 21.5.